The van der Waals surface area contributed by atoms with Gasteiger partial charge in [-0.1, -0.05) is 0 Å². The average Bonchev–Trinajstić information content (AvgIpc) is 3.13. The van der Waals surface area contributed by atoms with Crippen molar-refractivity contribution in [2.75, 3.05) is 13.1 Å². The second kappa shape index (κ2) is 5.91. The fourth-order valence-electron chi connectivity index (χ4n) is 2.42. The number of amides is 1. The van der Waals surface area contributed by atoms with Crippen LogP contribution in [0.2, 0.25) is 0 Å². The number of aryl methyl sites for hydroxylation is 1. The molecule has 1 N–H and O–H groups in total. The van der Waals surface area contributed by atoms with Crippen molar-refractivity contribution in [3.63, 3.8) is 0 Å². The van der Waals surface area contributed by atoms with Crippen LogP contribution in [0.4, 0.5) is 13.2 Å². The van der Waals surface area contributed by atoms with E-state index >= 15 is 0 Å². The Morgan fingerprint density at radius 1 is 1.50 bits per heavy atom. The topological polar surface area (TPSA) is 58.4 Å². The first-order chi connectivity index (χ1) is 10.2. The minimum Gasteiger partial charge on any atom is -0.374 e. The highest BCUT2D eigenvalue weighted by atomic mass is 19.4. The molecule has 0 saturated heterocycles. The van der Waals surface area contributed by atoms with E-state index in [0.717, 1.165) is 23.6 Å². The van der Waals surface area contributed by atoms with Crippen LogP contribution in [-0.2, 0) is 17.4 Å². The Hall–Kier alpha value is -1.57. The van der Waals surface area contributed by atoms with Gasteiger partial charge >= 0.3 is 6.18 Å². The van der Waals surface area contributed by atoms with Gasteiger partial charge in [-0.3, -0.25) is 4.79 Å². The maximum Gasteiger partial charge on any atom is 0.425 e. The number of nitrogens with zero attached hydrogens (tertiary/aromatic N) is 3. The number of hydrogen-bond acceptors (Lipinski definition) is 3. The Morgan fingerprint density at radius 2 is 2.14 bits per heavy atom. The molecular weight excluding hydrogens is 299 g/mol. The summed E-state index contributed by atoms with van der Waals surface area (Å²) < 4.78 is 41.2. The van der Waals surface area contributed by atoms with E-state index in [1.54, 1.807) is 6.92 Å². The standard InChI is InChI=1S/C14H20F3N3O2/c1-3-20(9-10-4-5-10)11(21)8-13(22,14(15,16)17)12-18-6-7-19(12)2/h6-7,10,22H,3-5,8-9H2,1-2H3. The molecule has 1 atom stereocenters. The van der Waals surface area contributed by atoms with Crippen molar-refractivity contribution in [2.45, 2.75) is 38.0 Å². The third-order valence-corrected chi connectivity index (χ3v) is 3.98. The Balaban J connectivity index is 2.23. The maximum absolute atomic E-state index is 13.4. The zero-order valence-corrected chi connectivity index (χ0v) is 12.6. The first-order valence-electron chi connectivity index (χ1n) is 7.23. The largest absolute Gasteiger partial charge is 0.425 e. The Morgan fingerprint density at radius 3 is 2.55 bits per heavy atom. The molecule has 1 unspecified atom stereocenters. The monoisotopic (exact) mass is 319 g/mol. The van der Waals surface area contributed by atoms with Gasteiger partial charge in [-0.15, -0.1) is 0 Å². The van der Waals surface area contributed by atoms with E-state index in [-0.39, 0.29) is 0 Å². The summed E-state index contributed by atoms with van der Waals surface area (Å²) in [5.74, 6) is -0.913. The lowest BCUT2D eigenvalue weighted by Crippen LogP contribution is -2.48. The van der Waals surface area contributed by atoms with Crippen molar-refractivity contribution >= 4 is 5.91 Å². The van der Waals surface area contributed by atoms with E-state index < -0.39 is 29.9 Å². The fourth-order valence-corrected chi connectivity index (χ4v) is 2.42. The van der Waals surface area contributed by atoms with Crippen LogP contribution in [0, 0.1) is 5.92 Å². The molecule has 22 heavy (non-hydrogen) atoms. The van der Waals surface area contributed by atoms with E-state index in [4.69, 9.17) is 0 Å². The van der Waals surface area contributed by atoms with Gasteiger partial charge in [0.05, 0.1) is 6.42 Å². The first kappa shape index (κ1) is 16.8. The molecule has 0 bridgehead atoms. The molecule has 1 saturated carbocycles. The summed E-state index contributed by atoms with van der Waals surface area (Å²) in [7, 11) is 1.35. The second-order valence-electron chi connectivity index (χ2n) is 5.77. The lowest BCUT2D eigenvalue weighted by Gasteiger charge is -2.31. The van der Waals surface area contributed by atoms with Crippen molar-refractivity contribution in [1.82, 2.24) is 14.5 Å². The summed E-state index contributed by atoms with van der Waals surface area (Å²) in [6.07, 6.45) is -1.58. The quantitative estimate of drug-likeness (QED) is 0.870. The van der Waals surface area contributed by atoms with E-state index in [1.807, 2.05) is 0 Å². The number of halogens is 3. The molecule has 1 aliphatic rings. The molecule has 8 heteroatoms. The average molecular weight is 319 g/mol. The number of carbonyl (C=O) groups is 1. The number of hydrogen-bond donors (Lipinski definition) is 1. The van der Waals surface area contributed by atoms with Crippen LogP contribution < -0.4 is 0 Å². The summed E-state index contributed by atoms with van der Waals surface area (Å²) >= 11 is 0. The number of alkyl halides is 3. The number of rotatable bonds is 6. The van der Waals surface area contributed by atoms with Gasteiger partial charge in [-0.2, -0.15) is 13.2 Å². The van der Waals surface area contributed by atoms with Crippen LogP contribution in [0.25, 0.3) is 0 Å². The lowest BCUT2D eigenvalue weighted by molar-refractivity contribution is -0.272. The minimum atomic E-state index is -4.99. The summed E-state index contributed by atoms with van der Waals surface area (Å²) in [4.78, 5) is 17.2. The smallest absolute Gasteiger partial charge is 0.374 e. The molecule has 2 rings (SSSR count). The van der Waals surface area contributed by atoms with Crippen LogP contribution in [-0.4, -0.2) is 44.7 Å². The van der Waals surface area contributed by atoms with E-state index in [1.165, 1.54) is 18.1 Å². The van der Waals surface area contributed by atoms with Crippen molar-refractivity contribution in [3.8, 4) is 0 Å². The van der Waals surface area contributed by atoms with Crippen molar-refractivity contribution in [2.24, 2.45) is 13.0 Å². The molecule has 1 aromatic heterocycles. The predicted octanol–water partition coefficient (Wildman–Crippen LogP) is 1.82. The zero-order valence-electron chi connectivity index (χ0n) is 12.6. The van der Waals surface area contributed by atoms with Crippen LogP contribution in [0.15, 0.2) is 12.4 Å². The Labute approximate surface area is 126 Å². The molecule has 1 aliphatic carbocycles. The molecule has 1 fully saturated rings. The normalized spacial score (nSPS) is 18.1. The van der Waals surface area contributed by atoms with E-state index in [2.05, 4.69) is 4.98 Å². The van der Waals surface area contributed by atoms with E-state index in [9.17, 15) is 23.1 Å². The van der Waals surface area contributed by atoms with Crippen molar-refractivity contribution in [1.29, 1.82) is 0 Å². The molecule has 0 spiro atoms. The second-order valence-corrected chi connectivity index (χ2v) is 5.77. The first-order valence-corrected chi connectivity index (χ1v) is 7.23. The van der Waals surface area contributed by atoms with Crippen LogP contribution in [0.5, 0.6) is 0 Å². The minimum absolute atomic E-state index is 0.323. The highest BCUT2D eigenvalue weighted by Crippen LogP contribution is 2.41. The summed E-state index contributed by atoms with van der Waals surface area (Å²) in [5.41, 5.74) is -3.28. The van der Waals surface area contributed by atoms with Crippen LogP contribution in [0.3, 0.4) is 0 Å². The van der Waals surface area contributed by atoms with Gasteiger partial charge in [0.2, 0.25) is 11.5 Å². The van der Waals surface area contributed by atoms with Gasteiger partial charge in [0.15, 0.2) is 5.82 Å². The third kappa shape index (κ3) is 3.26. The number of aromatic nitrogens is 2. The van der Waals surface area contributed by atoms with Crippen LogP contribution in [0.1, 0.15) is 32.0 Å². The SMILES string of the molecule is CCN(CC1CC1)C(=O)CC(O)(c1nccn1C)C(F)(F)F. The fraction of sp³-hybridized carbons (Fsp3) is 0.714. The molecule has 1 heterocycles. The molecule has 0 aliphatic heterocycles. The van der Waals surface area contributed by atoms with Gasteiger partial charge in [0, 0.05) is 32.5 Å². The van der Waals surface area contributed by atoms with Gasteiger partial charge in [-0.05, 0) is 25.7 Å². The summed E-state index contributed by atoms with van der Waals surface area (Å²) in [6, 6.07) is 0. The Kier molecular flexibility index (Phi) is 4.51. The number of carbonyl (C=O) groups excluding carboxylic acids is 1. The molecular formula is C14H20F3N3O2. The van der Waals surface area contributed by atoms with Gasteiger partial charge in [-0.25, -0.2) is 4.98 Å². The lowest BCUT2D eigenvalue weighted by atomic mass is 9.96. The zero-order chi connectivity index (χ0) is 16.5. The summed E-state index contributed by atoms with van der Waals surface area (Å²) in [6.45, 7) is 2.49. The summed E-state index contributed by atoms with van der Waals surface area (Å²) in [5, 5.41) is 10.2. The molecule has 0 radical (unpaired) electrons. The number of aliphatic hydroxyl groups is 1. The maximum atomic E-state index is 13.4. The van der Waals surface area contributed by atoms with Gasteiger partial charge in [0.1, 0.15) is 0 Å². The van der Waals surface area contributed by atoms with Gasteiger partial charge < -0.3 is 14.6 Å². The molecule has 5 nitrogen and oxygen atoms in total. The predicted molar refractivity (Wildman–Crippen MR) is 72.8 cm³/mol. The van der Waals surface area contributed by atoms with E-state index in [0.29, 0.717) is 19.0 Å². The molecule has 1 amide bonds. The van der Waals surface area contributed by atoms with Crippen LogP contribution >= 0.6 is 0 Å². The molecule has 1 aromatic rings. The molecule has 0 aromatic carbocycles. The van der Waals surface area contributed by atoms with Crippen molar-refractivity contribution < 1.29 is 23.1 Å². The number of imidazole rings is 1. The Bertz CT molecular complexity index is 540. The van der Waals surface area contributed by atoms with Gasteiger partial charge in [0.25, 0.3) is 0 Å². The highest BCUT2D eigenvalue weighted by Gasteiger charge is 2.59. The highest BCUT2D eigenvalue weighted by molar-refractivity contribution is 5.77. The van der Waals surface area contributed by atoms with Crippen molar-refractivity contribution in [3.05, 3.63) is 18.2 Å². The molecule has 124 valence electrons. The third-order valence-electron chi connectivity index (χ3n) is 3.98.